The lowest BCUT2D eigenvalue weighted by Gasteiger charge is -2.11. The Hall–Kier alpha value is -1.39. The van der Waals surface area contributed by atoms with Crippen molar-refractivity contribution in [2.24, 2.45) is 0 Å². The van der Waals surface area contributed by atoms with Gasteiger partial charge in [0.25, 0.3) is 0 Å². The predicted molar refractivity (Wildman–Crippen MR) is 70.1 cm³/mol. The van der Waals surface area contributed by atoms with Crippen LogP contribution >= 0.6 is 0 Å². The monoisotopic (exact) mass is 248 g/mol. The molecular weight excluding hydrogens is 228 g/mol. The molecule has 1 aromatic rings. The highest BCUT2D eigenvalue weighted by Gasteiger charge is 2.27. The van der Waals surface area contributed by atoms with Crippen LogP contribution in [0.3, 0.4) is 0 Å². The van der Waals surface area contributed by atoms with Crippen molar-refractivity contribution in [1.82, 2.24) is 10.6 Å². The van der Waals surface area contributed by atoms with E-state index in [-0.39, 0.29) is 11.9 Å². The highest BCUT2D eigenvalue weighted by molar-refractivity contribution is 5.82. The summed E-state index contributed by atoms with van der Waals surface area (Å²) in [6.07, 6.45) is 1.13. The summed E-state index contributed by atoms with van der Waals surface area (Å²) in [5.74, 6) is -0.0360. The fraction of sp³-hybridized carbons (Fsp3) is 0.500. The summed E-state index contributed by atoms with van der Waals surface area (Å²) in [6.45, 7) is 3.16. The normalized spacial score (nSPS) is 23.0. The molecule has 18 heavy (non-hydrogen) atoms. The first-order valence-electron chi connectivity index (χ1n) is 6.46. The van der Waals surface area contributed by atoms with Crippen LogP contribution in [0.1, 0.15) is 24.5 Å². The number of benzene rings is 1. The number of β-amino-alcohol motifs (C(OH)–C–C–N with tert-alkyl or cyclic N) is 1. The lowest BCUT2D eigenvalue weighted by Crippen LogP contribution is -2.39. The van der Waals surface area contributed by atoms with Gasteiger partial charge in [0.15, 0.2) is 0 Å². The van der Waals surface area contributed by atoms with E-state index in [2.05, 4.69) is 29.7 Å². The Bertz CT molecular complexity index is 403. The molecule has 2 rings (SSSR count). The van der Waals surface area contributed by atoms with Crippen molar-refractivity contribution in [3.63, 3.8) is 0 Å². The Morgan fingerprint density at radius 1 is 1.39 bits per heavy atom. The Morgan fingerprint density at radius 3 is 2.61 bits per heavy atom. The molecule has 0 aliphatic carbocycles. The number of hydrogen-bond acceptors (Lipinski definition) is 3. The third-order valence-corrected chi connectivity index (χ3v) is 3.32. The van der Waals surface area contributed by atoms with Crippen LogP contribution < -0.4 is 10.6 Å². The third-order valence-electron chi connectivity index (χ3n) is 3.32. The number of rotatable bonds is 4. The van der Waals surface area contributed by atoms with Crippen LogP contribution in [0.5, 0.6) is 0 Å². The van der Waals surface area contributed by atoms with E-state index < -0.39 is 6.10 Å². The number of aliphatic hydroxyl groups is 1. The predicted octanol–water partition coefficient (Wildman–Crippen LogP) is 0.588. The minimum atomic E-state index is -0.399. The molecule has 1 amide bonds. The number of aliphatic hydroxyl groups excluding tert-OH is 1. The van der Waals surface area contributed by atoms with Crippen LogP contribution in [-0.2, 0) is 17.8 Å². The lowest BCUT2D eigenvalue weighted by atomic mass is 10.1. The van der Waals surface area contributed by atoms with Crippen molar-refractivity contribution < 1.29 is 9.90 Å². The smallest absolute Gasteiger partial charge is 0.237 e. The molecule has 2 atom stereocenters. The standard InChI is InChI=1S/C14H20N2O2/c1-2-10-3-5-11(6-4-10)8-16-14(18)13-7-12(17)9-15-13/h3-6,12-13,15,17H,2,7-9H2,1H3,(H,16,18). The summed E-state index contributed by atoms with van der Waals surface area (Å²) in [7, 11) is 0. The van der Waals surface area contributed by atoms with E-state index in [0.717, 1.165) is 12.0 Å². The molecule has 98 valence electrons. The van der Waals surface area contributed by atoms with E-state index in [1.807, 2.05) is 12.1 Å². The molecule has 0 aromatic heterocycles. The Balaban J connectivity index is 1.81. The van der Waals surface area contributed by atoms with E-state index in [1.54, 1.807) is 0 Å². The van der Waals surface area contributed by atoms with Gasteiger partial charge < -0.3 is 15.7 Å². The van der Waals surface area contributed by atoms with Crippen molar-refractivity contribution in [3.8, 4) is 0 Å². The molecule has 1 aromatic carbocycles. The second-order valence-corrected chi connectivity index (χ2v) is 4.74. The molecule has 1 saturated heterocycles. The zero-order chi connectivity index (χ0) is 13.0. The van der Waals surface area contributed by atoms with Gasteiger partial charge in [-0.3, -0.25) is 4.79 Å². The summed E-state index contributed by atoms with van der Waals surface area (Å²) in [5, 5.41) is 15.2. The molecule has 1 heterocycles. The number of amides is 1. The molecule has 4 heteroatoms. The summed E-state index contributed by atoms with van der Waals surface area (Å²) in [4.78, 5) is 11.8. The highest BCUT2D eigenvalue weighted by atomic mass is 16.3. The fourth-order valence-electron chi connectivity index (χ4n) is 2.12. The van der Waals surface area contributed by atoms with E-state index in [0.29, 0.717) is 19.5 Å². The van der Waals surface area contributed by atoms with Crippen molar-refractivity contribution in [2.45, 2.75) is 38.5 Å². The maximum Gasteiger partial charge on any atom is 0.237 e. The molecule has 1 fully saturated rings. The van der Waals surface area contributed by atoms with E-state index in [1.165, 1.54) is 5.56 Å². The van der Waals surface area contributed by atoms with Crippen LogP contribution in [0.4, 0.5) is 0 Å². The van der Waals surface area contributed by atoms with Gasteiger partial charge in [0.2, 0.25) is 5.91 Å². The van der Waals surface area contributed by atoms with Gasteiger partial charge in [-0.15, -0.1) is 0 Å². The summed E-state index contributed by atoms with van der Waals surface area (Å²) < 4.78 is 0. The van der Waals surface area contributed by atoms with E-state index >= 15 is 0 Å². The van der Waals surface area contributed by atoms with Gasteiger partial charge in [-0.1, -0.05) is 31.2 Å². The average molecular weight is 248 g/mol. The van der Waals surface area contributed by atoms with Gasteiger partial charge >= 0.3 is 0 Å². The SMILES string of the molecule is CCc1ccc(CNC(=O)C2CC(O)CN2)cc1. The highest BCUT2D eigenvalue weighted by Crippen LogP contribution is 2.08. The Kier molecular flexibility index (Phi) is 4.33. The molecule has 0 saturated carbocycles. The van der Waals surface area contributed by atoms with Gasteiger partial charge in [0.1, 0.15) is 0 Å². The molecule has 2 unspecified atom stereocenters. The summed E-state index contributed by atoms with van der Waals surface area (Å²) >= 11 is 0. The van der Waals surface area contributed by atoms with Crippen LogP contribution in [0.2, 0.25) is 0 Å². The molecule has 1 aliphatic heterocycles. The van der Waals surface area contributed by atoms with E-state index in [4.69, 9.17) is 0 Å². The minimum Gasteiger partial charge on any atom is -0.392 e. The number of hydrogen-bond donors (Lipinski definition) is 3. The first kappa shape index (κ1) is 13.1. The van der Waals surface area contributed by atoms with Crippen molar-refractivity contribution >= 4 is 5.91 Å². The van der Waals surface area contributed by atoms with Crippen LogP contribution in [0.15, 0.2) is 24.3 Å². The van der Waals surface area contributed by atoms with E-state index in [9.17, 15) is 9.90 Å². The second-order valence-electron chi connectivity index (χ2n) is 4.74. The summed E-state index contributed by atoms with van der Waals surface area (Å²) in [5.41, 5.74) is 2.39. The average Bonchev–Trinajstić information content (AvgIpc) is 2.83. The first-order chi connectivity index (χ1) is 8.69. The molecule has 3 N–H and O–H groups in total. The number of carbonyl (C=O) groups is 1. The number of carbonyl (C=O) groups excluding carboxylic acids is 1. The Morgan fingerprint density at radius 2 is 2.06 bits per heavy atom. The van der Waals surface area contributed by atoms with Gasteiger partial charge in [-0.2, -0.15) is 0 Å². The fourth-order valence-corrected chi connectivity index (χ4v) is 2.12. The quantitative estimate of drug-likeness (QED) is 0.731. The largest absolute Gasteiger partial charge is 0.392 e. The van der Waals surface area contributed by atoms with Crippen LogP contribution in [0, 0.1) is 0 Å². The van der Waals surface area contributed by atoms with Crippen molar-refractivity contribution in [3.05, 3.63) is 35.4 Å². The van der Waals surface area contributed by atoms with Crippen LogP contribution in [-0.4, -0.2) is 29.7 Å². The van der Waals surface area contributed by atoms with Gasteiger partial charge in [0.05, 0.1) is 12.1 Å². The third kappa shape index (κ3) is 3.31. The molecule has 0 radical (unpaired) electrons. The van der Waals surface area contributed by atoms with Crippen molar-refractivity contribution in [1.29, 1.82) is 0 Å². The number of nitrogens with one attached hydrogen (secondary N) is 2. The van der Waals surface area contributed by atoms with Crippen molar-refractivity contribution in [2.75, 3.05) is 6.54 Å². The topological polar surface area (TPSA) is 61.4 Å². The molecule has 0 bridgehead atoms. The number of aryl methyl sites for hydroxylation is 1. The maximum absolute atomic E-state index is 11.8. The summed E-state index contributed by atoms with van der Waals surface area (Å²) in [6, 6.07) is 7.99. The molecule has 4 nitrogen and oxygen atoms in total. The molecule has 1 aliphatic rings. The van der Waals surface area contributed by atoms with Gasteiger partial charge in [0, 0.05) is 13.1 Å². The molecule has 0 spiro atoms. The van der Waals surface area contributed by atoms with Gasteiger partial charge in [-0.05, 0) is 24.0 Å². The lowest BCUT2D eigenvalue weighted by molar-refractivity contribution is -0.123. The second kappa shape index (κ2) is 5.98. The van der Waals surface area contributed by atoms with Crippen LogP contribution in [0.25, 0.3) is 0 Å². The Labute approximate surface area is 107 Å². The molecular formula is C14H20N2O2. The zero-order valence-electron chi connectivity index (χ0n) is 10.6. The maximum atomic E-state index is 11.8. The first-order valence-corrected chi connectivity index (χ1v) is 6.46. The van der Waals surface area contributed by atoms with Gasteiger partial charge in [-0.25, -0.2) is 0 Å². The minimum absolute atomic E-state index is 0.0360. The zero-order valence-corrected chi connectivity index (χ0v) is 10.6.